The molecule has 0 aromatic carbocycles. The van der Waals surface area contributed by atoms with Crippen LogP contribution in [0.5, 0.6) is 0 Å². The van der Waals surface area contributed by atoms with E-state index in [1.807, 2.05) is 11.3 Å². The van der Waals surface area contributed by atoms with Gasteiger partial charge < -0.3 is 5.32 Å². The van der Waals surface area contributed by atoms with Gasteiger partial charge in [0.1, 0.15) is 0 Å². The van der Waals surface area contributed by atoms with Crippen molar-refractivity contribution in [3.8, 4) is 0 Å². The Morgan fingerprint density at radius 2 is 2.24 bits per heavy atom. The van der Waals surface area contributed by atoms with Crippen LogP contribution in [-0.2, 0) is 6.42 Å². The van der Waals surface area contributed by atoms with Gasteiger partial charge >= 0.3 is 0 Å². The van der Waals surface area contributed by atoms with Crippen LogP contribution in [0.1, 0.15) is 45.4 Å². The standard InChI is InChI=1S/C15H25NS/c1-11-9-15(3,4)10-14(11)16-12(2)8-13-6-5-7-17-13/h5-7,11-12,14,16H,8-10H2,1-4H3. The van der Waals surface area contributed by atoms with Crippen LogP contribution >= 0.6 is 11.3 Å². The van der Waals surface area contributed by atoms with Gasteiger partial charge in [0.25, 0.3) is 0 Å². The molecule has 17 heavy (non-hydrogen) atoms. The average molecular weight is 251 g/mol. The van der Waals surface area contributed by atoms with E-state index in [0.29, 0.717) is 17.5 Å². The molecule has 1 fully saturated rings. The number of nitrogens with one attached hydrogen (secondary N) is 1. The minimum absolute atomic E-state index is 0.528. The Hall–Kier alpha value is -0.340. The van der Waals surface area contributed by atoms with E-state index in [-0.39, 0.29) is 0 Å². The van der Waals surface area contributed by atoms with Gasteiger partial charge in [0, 0.05) is 17.0 Å². The van der Waals surface area contributed by atoms with Crippen molar-refractivity contribution in [3.63, 3.8) is 0 Å². The Labute approximate surface area is 110 Å². The summed E-state index contributed by atoms with van der Waals surface area (Å²) in [6.07, 6.45) is 3.85. The molecule has 3 atom stereocenters. The Morgan fingerprint density at radius 3 is 2.76 bits per heavy atom. The first-order chi connectivity index (χ1) is 7.96. The molecule has 2 rings (SSSR count). The van der Waals surface area contributed by atoms with Crippen molar-refractivity contribution in [2.75, 3.05) is 0 Å². The van der Waals surface area contributed by atoms with Crippen molar-refractivity contribution in [3.05, 3.63) is 22.4 Å². The third kappa shape index (κ3) is 3.56. The first-order valence-corrected chi connectivity index (χ1v) is 7.63. The van der Waals surface area contributed by atoms with Crippen LogP contribution in [0.2, 0.25) is 0 Å². The van der Waals surface area contributed by atoms with Gasteiger partial charge in [-0.3, -0.25) is 0 Å². The molecule has 0 bridgehead atoms. The summed E-state index contributed by atoms with van der Waals surface area (Å²) < 4.78 is 0. The SMILES string of the molecule is CC(Cc1cccs1)NC1CC(C)(C)CC1C. The van der Waals surface area contributed by atoms with Crippen LogP contribution < -0.4 is 5.32 Å². The largest absolute Gasteiger partial charge is 0.311 e. The van der Waals surface area contributed by atoms with Crippen molar-refractivity contribution >= 4 is 11.3 Å². The fourth-order valence-electron chi connectivity index (χ4n) is 3.27. The molecule has 1 aliphatic carbocycles. The molecule has 1 aliphatic rings. The van der Waals surface area contributed by atoms with E-state index in [4.69, 9.17) is 0 Å². The highest BCUT2D eigenvalue weighted by atomic mass is 32.1. The monoisotopic (exact) mass is 251 g/mol. The molecule has 3 unspecified atom stereocenters. The molecule has 0 saturated heterocycles. The van der Waals surface area contributed by atoms with Crippen LogP contribution in [-0.4, -0.2) is 12.1 Å². The molecule has 1 aromatic heterocycles. The fraction of sp³-hybridized carbons (Fsp3) is 0.733. The molecular formula is C15H25NS. The lowest BCUT2D eigenvalue weighted by atomic mass is 9.91. The number of thiophene rings is 1. The fourth-order valence-corrected chi connectivity index (χ4v) is 4.11. The molecule has 0 spiro atoms. The van der Waals surface area contributed by atoms with Gasteiger partial charge in [0.05, 0.1) is 0 Å². The van der Waals surface area contributed by atoms with Crippen LogP contribution in [0.3, 0.4) is 0 Å². The minimum Gasteiger partial charge on any atom is -0.311 e. The predicted molar refractivity (Wildman–Crippen MR) is 76.6 cm³/mol. The molecule has 1 aromatic rings. The van der Waals surface area contributed by atoms with Crippen molar-refractivity contribution in [1.82, 2.24) is 5.32 Å². The summed E-state index contributed by atoms with van der Waals surface area (Å²) in [6.45, 7) is 9.51. The molecule has 0 aliphatic heterocycles. The highest BCUT2D eigenvalue weighted by molar-refractivity contribution is 7.09. The third-order valence-corrected chi connectivity index (χ3v) is 4.82. The zero-order valence-corrected chi connectivity index (χ0v) is 12.3. The van der Waals surface area contributed by atoms with Crippen LogP contribution in [0, 0.1) is 11.3 Å². The summed E-state index contributed by atoms with van der Waals surface area (Å²) in [5, 5.41) is 6.00. The van der Waals surface area contributed by atoms with Gasteiger partial charge in [0.15, 0.2) is 0 Å². The molecule has 1 heterocycles. The smallest absolute Gasteiger partial charge is 0.0101 e. The molecule has 1 nitrogen and oxygen atoms in total. The van der Waals surface area contributed by atoms with E-state index in [1.54, 1.807) is 0 Å². The van der Waals surface area contributed by atoms with Crippen molar-refractivity contribution in [1.29, 1.82) is 0 Å². The third-order valence-electron chi connectivity index (χ3n) is 3.92. The van der Waals surface area contributed by atoms with E-state index in [2.05, 4.69) is 50.5 Å². The maximum Gasteiger partial charge on any atom is 0.0101 e. The summed E-state index contributed by atoms with van der Waals surface area (Å²) in [5.74, 6) is 0.816. The molecule has 1 saturated carbocycles. The van der Waals surface area contributed by atoms with Gasteiger partial charge in [-0.05, 0) is 49.0 Å². The minimum atomic E-state index is 0.528. The van der Waals surface area contributed by atoms with Crippen LogP contribution in [0.25, 0.3) is 0 Å². The van der Waals surface area contributed by atoms with Gasteiger partial charge in [0.2, 0.25) is 0 Å². The maximum atomic E-state index is 3.83. The Morgan fingerprint density at radius 1 is 1.47 bits per heavy atom. The van der Waals surface area contributed by atoms with Gasteiger partial charge in [-0.1, -0.05) is 26.8 Å². The first-order valence-electron chi connectivity index (χ1n) is 6.75. The second kappa shape index (κ2) is 5.11. The molecule has 0 amide bonds. The Balaban J connectivity index is 1.85. The van der Waals surface area contributed by atoms with E-state index in [1.165, 1.54) is 24.1 Å². The van der Waals surface area contributed by atoms with E-state index < -0.39 is 0 Å². The second-order valence-electron chi connectivity index (χ2n) is 6.51. The molecular weight excluding hydrogens is 226 g/mol. The summed E-state index contributed by atoms with van der Waals surface area (Å²) in [6, 6.07) is 5.69. The Kier molecular flexibility index (Phi) is 3.94. The quantitative estimate of drug-likeness (QED) is 0.850. The van der Waals surface area contributed by atoms with E-state index in [9.17, 15) is 0 Å². The van der Waals surface area contributed by atoms with Crippen LogP contribution in [0.4, 0.5) is 0 Å². The first kappa shape index (κ1) is 13.1. The molecule has 1 N–H and O–H groups in total. The van der Waals surface area contributed by atoms with Gasteiger partial charge in [-0.2, -0.15) is 0 Å². The lowest BCUT2D eigenvalue weighted by Gasteiger charge is -2.23. The highest BCUT2D eigenvalue weighted by Gasteiger charge is 2.36. The summed E-state index contributed by atoms with van der Waals surface area (Å²) >= 11 is 1.87. The lowest BCUT2D eigenvalue weighted by Crippen LogP contribution is -2.39. The van der Waals surface area contributed by atoms with Crippen LogP contribution in [0.15, 0.2) is 17.5 Å². The zero-order valence-electron chi connectivity index (χ0n) is 11.5. The number of hydrogen-bond acceptors (Lipinski definition) is 2. The topological polar surface area (TPSA) is 12.0 Å². The molecule has 0 radical (unpaired) electrons. The lowest BCUT2D eigenvalue weighted by molar-refractivity contribution is 0.355. The number of rotatable bonds is 4. The second-order valence-corrected chi connectivity index (χ2v) is 7.54. The van der Waals surface area contributed by atoms with Crippen molar-refractivity contribution in [2.24, 2.45) is 11.3 Å². The predicted octanol–water partition coefficient (Wildman–Crippen LogP) is 4.09. The van der Waals surface area contributed by atoms with E-state index >= 15 is 0 Å². The van der Waals surface area contributed by atoms with Crippen molar-refractivity contribution < 1.29 is 0 Å². The van der Waals surface area contributed by atoms with Crippen molar-refractivity contribution in [2.45, 2.75) is 59.0 Å². The molecule has 2 heteroatoms. The summed E-state index contributed by atoms with van der Waals surface area (Å²) in [5.41, 5.74) is 0.528. The Bertz CT molecular complexity index is 342. The maximum absolute atomic E-state index is 3.83. The normalized spacial score (nSPS) is 29.4. The average Bonchev–Trinajstić information content (AvgIpc) is 2.75. The summed E-state index contributed by atoms with van der Waals surface area (Å²) in [7, 11) is 0. The summed E-state index contributed by atoms with van der Waals surface area (Å²) in [4.78, 5) is 1.50. The van der Waals surface area contributed by atoms with Gasteiger partial charge in [-0.15, -0.1) is 11.3 Å². The van der Waals surface area contributed by atoms with Gasteiger partial charge in [-0.25, -0.2) is 0 Å². The van der Waals surface area contributed by atoms with E-state index in [0.717, 1.165) is 5.92 Å². The highest BCUT2D eigenvalue weighted by Crippen LogP contribution is 2.41. The molecule has 96 valence electrons. The zero-order chi connectivity index (χ0) is 12.5. The number of hydrogen-bond donors (Lipinski definition) is 1.